The zero-order chi connectivity index (χ0) is 12.7. The molecule has 0 aliphatic carbocycles. The number of benzene rings is 1. The Hall–Kier alpha value is -1.54. The van der Waals surface area contributed by atoms with Crippen molar-refractivity contribution >= 4 is 16.3 Å². The van der Waals surface area contributed by atoms with Crippen LogP contribution >= 0.6 is 0 Å². The molecule has 0 N–H and O–H groups in total. The standard InChI is InChI=1S/C16H19NO/c1-11-4-5-12(2)15-14(11)10-18-16(15)13-6-8-17(3)9-7-13/h4-6,10H,7-9H2,1-3H3. The van der Waals surface area contributed by atoms with Crippen LogP contribution in [-0.4, -0.2) is 25.0 Å². The van der Waals surface area contributed by atoms with Crippen LogP contribution in [0.25, 0.3) is 16.3 Å². The first-order chi connectivity index (χ1) is 8.66. The Kier molecular flexibility index (Phi) is 2.75. The van der Waals surface area contributed by atoms with Gasteiger partial charge in [-0.15, -0.1) is 0 Å². The van der Waals surface area contributed by atoms with Crippen molar-refractivity contribution in [2.45, 2.75) is 20.3 Å². The Labute approximate surface area is 108 Å². The smallest absolute Gasteiger partial charge is 0.137 e. The second-order valence-corrected chi connectivity index (χ2v) is 5.29. The van der Waals surface area contributed by atoms with E-state index in [1.165, 1.54) is 27.5 Å². The molecule has 0 amide bonds. The van der Waals surface area contributed by atoms with Crippen molar-refractivity contribution in [2.75, 3.05) is 20.1 Å². The zero-order valence-electron chi connectivity index (χ0n) is 11.3. The maximum Gasteiger partial charge on any atom is 0.137 e. The van der Waals surface area contributed by atoms with Gasteiger partial charge < -0.3 is 9.32 Å². The van der Waals surface area contributed by atoms with E-state index >= 15 is 0 Å². The number of hydrogen-bond acceptors (Lipinski definition) is 2. The van der Waals surface area contributed by atoms with Crippen molar-refractivity contribution in [3.05, 3.63) is 41.4 Å². The Morgan fingerprint density at radius 1 is 1.17 bits per heavy atom. The predicted molar refractivity (Wildman–Crippen MR) is 75.8 cm³/mol. The summed E-state index contributed by atoms with van der Waals surface area (Å²) >= 11 is 0. The quantitative estimate of drug-likeness (QED) is 0.755. The second-order valence-electron chi connectivity index (χ2n) is 5.29. The molecule has 2 heterocycles. The molecule has 0 atom stereocenters. The van der Waals surface area contributed by atoms with Crippen molar-refractivity contribution in [2.24, 2.45) is 0 Å². The van der Waals surface area contributed by atoms with Gasteiger partial charge in [-0.2, -0.15) is 0 Å². The van der Waals surface area contributed by atoms with E-state index in [0.717, 1.165) is 25.3 Å². The van der Waals surface area contributed by atoms with Gasteiger partial charge in [0.1, 0.15) is 5.76 Å². The fraction of sp³-hybridized carbons (Fsp3) is 0.375. The summed E-state index contributed by atoms with van der Waals surface area (Å²) in [7, 11) is 2.16. The third-order valence-corrected chi connectivity index (χ3v) is 3.90. The van der Waals surface area contributed by atoms with E-state index < -0.39 is 0 Å². The predicted octanol–water partition coefficient (Wildman–Crippen LogP) is 3.77. The first-order valence-electron chi connectivity index (χ1n) is 6.52. The van der Waals surface area contributed by atoms with Gasteiger partial charge in [0.05, 0.1) is 6.26 Å². The van der Waals surface area contributed by atoms with Crippen molar-refractivity contribution in [1.82, 2.24) is 4.90 Å². The second kappa shape index (κ2) is 4.29. The Bertz CT molecular complexity index is 621. The molecule has 1 aliphatic heterocycles. The minimum Gasteiger partial charge on any atom is -0.463 e. The summed E-state index contributed by atoms with van der Waals surface area (Å²) in [5.41, 5.74) is 3.95. The minimum absolute atomic E-state index is 1.02. The fourth-order valence-electron chi connectivity index (χ4n) is 2.68. The Morgan fingerprint density at radius 2 is 1.94 bits per heavy atom. The maximum atomic E-state index is 5.86. The molecule has 2 nitrogen and oxygen atoms in total. The molecule has 0 saturated carbocycles. The highest BCUT2D eigenvalue weighted by atomic mass is 16.3. The minimum atomic E-state index is 1.02. The van der Waals surface area contributed by atoms with Crippen LogP contribution in [0.3, 0.4) is 0 Å². The van der Waals surface area contributed by atoms with E-state index in [2.05, 4.69) is 44.0 Å². The van der Waals surface area contributed by atoms with E-state index in [9.17, 15) is 0 Å². The van der Waals surface area contributed by atoms with Crippen molar-refractivity contribution in [1.29, 1.82) is 0 Å². The maximum absolute atomic E-state index is 5.86. The molecule has 0 fully saturated rings. The topological polar surface area (TPSA) is 16.4 Å². The van der Waals surface area contributed by atoms with Crippen LogP contribution in [0, 0.1) is 13.8 Å². The lowest BCUT2D eigenvalue weighted by molar-refractivity contribution is 0.367. The zero-order valence-corrected chi connectivity index (χ0v) is 11.3. The van der Waals surface area contributed by atoms with E-state index in [1.54, 1.807) is 0 Å². The molecule has 3 rings (SSSR count). The van der Waals surface area contributed by atoms with Gasteiger partial charge in [0.15, 0.2) is 0 Å². The molecule has 94 valence electrons. The van der Waals surface area contributed by atoms with E-state index in [4.69, 9.17) is 4.42 Å². The first-order valence-corrected chi connectivity index (χ1v) is 6.52. The summed E-state index contributed by atoms with van der Waals surface area (Å²) in [6.45, 7) is 6.43. The molecule has 0 saturated heterocycles. The van der Waals surface area contributed by atoms with Gasteiger partial charge in [-0.1, -0.05) is 18.2 Å². The summed E-state index contributed by atoms with van der Waals surface area (Å²) < 4.78 is 5.86. The average Bonchev–Trinajstić information content (AvgIpc) is 2.81. The lowest BCUT2D eigenvalue weighted by Gasteiger charge is -2.21. The monoisotopic (exact) mass is 241 g/mol. The largest absolute Gasteiger partial charge is 0.463 e. The third-order valence-electron chi connectivity index (χ3n) is 3.90. The van der Waals surface area contributed by atoms with Gasteiger partial charge in [0, 0.05) is 23.9 Å². The Morgan fingerprint density at radius 3 is 2.67 bits per heavy atom. The number of rotatable bonds is 1. The molecule has 1 aliphatic rings. The Balaban J connectivity index is 2.16. The van der Waals surface area contributed by atoms with Crippen LogP contribution in [0.4, 0.5) is 0 Å². The van der Waals surface area contributed by atoms with E-state index in [-0.39, 0.29) is 0 Å². The molecule has 18 heavy (non-hydrogen) atoms. The fourth-order valence-corrected chi connectivity index (χ4v) is 2.68. The molecule has 0 radical (unpaired) electrons. The van der Waals surface area contributed by atoms with Gasteiger partial charge in [-0.25, -0.2) is 0 Å². The number of aryl methyl sites for hydroxylation is 2. The lowest BCUT2D eigenvalue weighted by Crippen LogP contribution is -2.23. The summed E-state index contributed by atoms with van der Waals surface area (Å²) in [6.07, 6.45) is 5.28. The van der Waals surface area contributed by atoms with E-state index in [1.807, 2.05) is 6.26 Å². The molecule has 0 bridgehead atoms. The number of fused-ring (bicyclic) bond motifs is 1. The number of nitrogens with zero attached hydrogens (tertiary/aromatic N) is 1. The van der Waals surface area contributed by atoms with Gasteiger partial charge in [0.25, 0.3) is 0 Å². The van der Waals surface area contributed by atoms with Crippen LogP contribution in [0.15, 0.2) is 28.9 Å². The van der Waals surface area contributed by atoms with Crippen molar-refractivity contribution in [3.8, 4) is 0 Å². The van der Waals surface area contributed by atoms with E-state index in [0.29, 0.717) is 0 Å². The van der Waals surface area contributed by atoms with Gasteiger partial charge in [-0.3, -0.25) is 0 Å². The molecule has 2 aromatic rings. The summed E-state index contributed by atoms with van der Waals surface area (Å²) in [6, 6.07) is 4.35. The van der Waals surface area contributed by atoms with Crippen LogP contribution in [0.5, 0.6) is 0 Å². The number of furan rings is 1. The van der Waals surface area contributed by atoms with Gasteiger partial charge >= 0.3 is 0 Å². The highest BCUT2D eigenvalue weighted by molar-refractivity contribution is 5.96. The summed E-state index contributed by atoms with van der Waals surface area (Å²) in [4.78, 5) is 2.33. The molecule has 0 spiro atoms. The van der Waals surface area contributed by atoms with Crippen LogP contribution in [0.1, 0.15) is 23.3 Å². The van der Waals surface area contributed by atoms with Crippen molar-refractivity contribution in [3.63, 3.8) is 0 Å². The first kappa shape index (κ1) is 11.5. The van der Waals surface area contributed by atoms with Gasteiger partial charge in [-0.05, 0) is 44.0 Å². The normalized spacial score (nSPS) is 17.2. The SMILES string of the molecule is Cc1ccc(C)c2c(C3=CCN(C)CC3)occ12. The highest BCUT2D eigenvalue weighted by Crippen LogP contribution is 2.34. The molecule has 0 unspecified atom stereocenters. The highest BCUT2D eigenvalue weighted by Gasteiger charge is 2.17. The summed E-state index contributed by atoms with van der Waals surface area (Å²) in [5.74, 6) is 1.08. The van der Waals surface area contributed by atoms with Gasteiger partial charge in [0.2, 0.25) is 0 Å². The number of likely N-dealkylation sites (N-methyl/N-ethyl adjacent to an activating group) is 1. The van der Waals surface area contributed by atoms with Crippen LogP contribution < -0.4 is 0 Å². The number of hydrogen-bond donors (Lipinski definition) is 0. The van der Waals surface area contributed by atoms with Crippen LogP contribution in [0.2, 0.25) is 0 Å². The summed E-state index contributed by atoms with van der Waals surface area (Å²) in [5, 5.41) is 2.55. The molecule has 1 aromatic carbocycles. The third kappa shape index (κ3) is 1.77. The molecular formula is C16H19NO. The average molecular weight is 241 g/mol. The molecule has 2 heteroatoms. The molecular weight excluding hydrogens is 222 g/mol. The van der Waals surface area contributed by atoms with Crippen molar-refractivity contribution < 1.29 is 4.42 Å². The van der Waals surface area contributed by atoms with Crippen LogP contribution in [-0.2, 0) is 0 Å². The molecule has 1 aromatic heterocycles. The lowest BCUT2D eigenvalue weighted by atomic mass is 9.98.